The number of fused-ring (bicyclic) bond motifs is 1. The Hall–Kier alpha value is -3.41. The molecule has 5 rings (SSSR count). The molecule has 4 aromatic rings. The number of hydrogen-bond donors (Lipinski definition) is 1. The van der Waals surface area contributed by atoms with Crippen LogP contribution in [0.4, 0.5) is 0 Å². The van der Waals surface area contributed by atoms with E-state index >= 15 is 0 Å². The predicted molar refractivity (Wildman–Crippen MR) is 178 cm³/mol. The van der Waals surface area contributed by atoms with Gasteiger partial charge in [0, 0.05) is 36.2 Å². The van der Waals surface area contributed by atoms with Crippen molar-refractivity contribution >= 4 is 50.7 Å². The van der Waals surface area contributed by atoms with Crippen molar-refractivity contribution in [3.05, 3.63) is 105 Å². The fraction of sp³-hybridized carbons (Fsp3) is 0.314. The van der Waals surface area contributed by atoms with Crippen LogP contribution in [0.3, 0.4) is 0 Å². The summed E-state index contributed by atoms with van der Waals surface area (Å²) in [5.41, 5.74) is 2.99. The molecule has 228 valence electrons. The van der Waals surface area contributed by atoms with Gasteiger partial charge in [0.25, 0.3) is 5.91 Å². The number of nitrogens with zero attached hydrogens (tertiary/aromatic N) is 3. The molecule has 2 atom stereocenters. The third-order valence-electron chi connectivity index (χ3n) is 8.60. The minimum atomic E-state index is -1.01. The first-order valence-corrected chi connectivity index (χ1v) is 17.0. The van der Waals surface area contributed by atoms with Gasteiger partial charge in [0.2, 0.25) is 0 Å². The van der Waals surface area contributed by atoms with Crippen molar-refractivity contribution in [3.8, 4) is 11.8 Å². The number of halogens is 2. The van der Waals surface area contributed by atoms with Crippen LogP contribution in [-0.4, -0.2) is 64.5 Å². The molecule has 44 heavy (non-hydrogen) atoms. The Morgan fingerprint density at radius 2 is 1.82 bits per heavy atom. The zero-order chi connectivity index (χ0) is 31.4. The lowest BCUT2D eigenvalue weighted by atomic mass is 9.88. The summed E-state index contributed by atoms with van der Waals surface area (Å²) in [6.45, 7) is 3.18. The minimum Gasteiger partial charge on any atom is -0.508 e. The van der Waals surface area contributed by atoms with E-state index in [0.29, 0.717) is 44.4 Å². The summed E-state index contributed by atoms with van der Waals surface area (Å²) in [5.74, 6) is 0.263. The van der Waals surface area contributed by atoms with E-state index in [1.165, 1.54) is 5.56 Å². The number of benzene rings is 4. The second kappa shape index (κ2) is 14.1. The molecule has 1 saturated heterocycles. The summed E-state index contributed by atoms with van der Waals surface area (Å²) >= 11 is 12.7. The van der Waals surface area contributed by atoms with Gasteiger partial charge in [-0.3, -0.25) is 9.00 Å². The van der Waals surface area contributed by atoms with Crippen LogP contribution in [-0.2, 0) is 10.8 Å². The standard InChI is InChI=1S/C35H35Cl2N3O3S/c1-39(35(42)31-18-23(21-38)17-27-19-28(41)8-9-29(27)31)22-26(25-7-10-32(36)33(37)20-25)13-16-40-14-11-24(12-15-40)30-5-3-4-6-34(30)44(2)43/h3-10,17-20,24,26,41H,11-16,22H2,1-2H3/t26-,44+/m1/s1. The van der Waals surface area contributed by atoms with E-state index in [4.69, 9.17) is 23.2 Å². The largest absolute Gasteiger partial charge is 0.508 e. The maximum Gasteiger partial charge on any atom is 0.254 e. The highest BCUT2D eigenvalue weighted by Gasteiger charge is 2.26. The van der Waals surface area contributed by atoms with E-state index in [-0.39, 0.29) is 17.6 Å². The number of carbonyl (C=O) groups is 1. The molecule has 6 nitrogen and oxygen atoms in total. The molecule has 0 spiro atoms. The van der Waals surface area contributed by atoms with E-state index in [9.17, 15) is 19.4 Å². The lowest BCUT2D eigenvalue weighted by molar-refractivity contribution is 0.0783. The topological polar surface area (TPSA) is 84.6 Å². The lowest BCUT2D eigenvalue weighted by Gasteiger charge is -2.34. The minimum absolute atomic E-state index is 0.00543. The molecule has 1 heterocycles. The fourth-order valence-corrected chi connectivity index (χ4v) is 7.38. The van der Waals surface area contributed by atoms with Crippen molar-refractivity contribution < 1.29 is 14.1 Å². The molecule has 0 aliphatic carbocycles. The summed E-state index contributed by atoms with van der Waals surface area (Å²) in [5, 5.41) is 21.8. The van der Waals surface area contributed by atoms with E-state index < -0.39 is 10.8 Å². The smallest absolute Gasteiger partial charge is 0.254 e. The highest BCUT2D eigenvalue weighted by atomic mass is 35.5. The van der Waals surface area contributed by atoms with Gasteiger partial charge in [0.05, 0.1) is 32.5 Å². The Morgan fingerprint density at radius 1 is 1.07 bits per heavy atom. The lowest BCUT2D eigenvalue weighted by Crippen LogP contribution is -2.36. The second-order valence-corrected chi connectivity index (χ2v) is 13.7. The summed E-state index contributed by atoms with van der Waals surface area (Å²) < 4.78 is 12.3. The van der Waals surface area contributed by atoms with E-state index in [2.05, 4.69) is 17.0 Å². The number of likely N-dealkylation sites (N-methyl/N-ethyl adjacent to an activating group) is 1. The van der Waals surface area contributed by atoms with Crippen molar-refractivity contribution in [2.24, 2.45) is 0 Å². The maximum absolute atomic E-state index is 13.8. The number of nitriles is 1. The van der Waals surface area contributed by atoms with Gasteiger partial charge in [-0.15, -0.1) is 0 Å². The number of amides is 1. The maximum atomic E-state index is 13.8. The summed E-state index contributed by atoms with van der Waals surface area (Å²) in [6, 6.07) is 24.0. The Balaban J connectivity index is 1.32. The number of hydrogen-bond acceptors (Lipinski definition) is 5. The highest BCUT2D eigenvalue weighted by Crippen LogP contribution is 2.34. The predicted octanol–water partition coefficient (Wildman–Crippen LogP) is 7.59. The SMILES string of the molecule is CN(C[C@@H](CCN1CCC(c2ccccc2[S@](C)=O)CC1)c1ccc(Cl)c(Cl)c1)C(=O)c1cc(C#N)cc2cc(O)ccc12. The van der Waals surface area contributed by atoms with Gasteiger partial charge in [-0.05, 0) is 115 Å². The number of piperidine rings is 1. The molecule has 0 saturated carbocycles. The van der Waals surface area contributed by atoms with Gasteiger partial charge >= 0.3 is 0 Å². The molecule has 1 N–H and O–H groups in total. The molecule has 4 aromatic carbocycles. The van der Waals surface area contributed by atoms with Crippen molar-refractivity contribution in [3.63, 3.8) is 0 Å². The monoisotopic (exact) mass is 647 g/mol. The van der Waals surface area contributed by atoms with Crippen LogP contribution < -0.4 is 0 Å². The summed E-state index contributed by atoms with van der Waals surface area (Å²) in [7, 11) is 0.763. The first-order valence-electron chi connectivity index (χ1n) is 14.7. The van der Waals surface area contributed by atoms with Crippen molar-refractivity contribution in [1.29, 1.82) is 5.26 Å². The molecule has 0 radical (unpaired) electrons. The number of phenols is 1. The number of carbonyl (C=O) groups excluding carboxylic acids is 1. The number of aromatic hydroxyl groups is 1. The molecule has 1 amide bonds. The third-order valence-corrected chi connectivity index (χ3v) is 10.3. The highest BCUT2D eigenvalue weighted by molar-refractivity contribution is 7.84. The summed E-state index contributed by atoms with van der Waals surface area (Å²) in [4.78, 5) is 18.9. The number of rotatable bonds is 9. The first-order chi connectivity index (χ1) is 21.1. The number of likely N-dealkylation sites (tertiary alicyclic amines) is 1. The quantitative estimate of drug-likeness (QED) is 0.202. The van der Waals surface area contributed by atoms with Gasteiger partial charge in [0.15, 0.2) is 0 Å². The van der Waals surface area contributed by atoms with Crippen LogP contribution in [0, 0.1) is 11.3 Å². The van der Waals surface area contributed by atoms with Gasteiger partial charge in [0.1, 0.15) is 5.75 Å². The van der Waals surface area contributed by atoms with Crippen LogP contribution in [0.1, 0.15) is 58.1 Å². The van der Waals surface area contributed by atoms with Gasteiger partial charge in [-0.25, -0.2) is 0 Å². The molecule has 0 unspecified atom stereocenters. The Morgan fingerprint density at radius 3 is 2.52 bits per heavy atom. The van der Waals surface area contributed by atoms with Gasteiger partial charge in [-0.1, -0.05) is 47.5 Å². The zero-order valence-electron chi connectivity index (χ0n) is 24.8. The van der Waals surface area contributed by atoms with Crippen molar-refractivity contribution in [2.45, 2.75) is 36.0 Å². The number of phenolic OH excluding ortho intramolecular Hbond substituents is 1. The first kappa shape index (κ1) is 32.0. The molecule has 9 heteroatoms. The van der Waals surface area contributed by atoms with Crippen LogP contribution in [0.2, 0.25) is 10.0 Å². The molecule has 0 bridgehead atoms. The zero-order valence-corrected chi connectivity index (χ0v) is 27.1. The van der Waals surface area contributed by atoms with Crippen molar-refractivity contribution in [2.75, 3.05) is 39.5 Å². The van der Waals surface area contributed by atoms with Gasteiger partial charge in [-0.2, -0.15) is 5.26 Å². The Bertz CT molecular complexity index is 1750. The van der Waals surface area contributed by atoms with Crippen LogP contribution in [0.15, 0.2) is 77.7 Å². The second-order valence-electron chi connectivity index (χ2n) is 11.5. The Kier molecular flexibility index (Phi) is 10.3. The fourth-order valence-electron chi connectivity index (χ4n) is 6.23. The average molecular weight is 649 g/mol. The molecule has 0 aromatic heterocycles. The van der Waals surface area contributed by atoms with Crippen molar-refractivity contribution in [1.82, 2.24) is 9.80 Å². The molecule has 1 aliphatic rings. The van der Waals surface area contributed by atoms with E-state index in [1.54, 1.807) is 54.6 Å². The van der Waals surface area contributed by atoms with Crippen LogP contribution in [0.25, 0.3) is 10.8 Å². The molecule has 1 aliphatic heterocycles. The normalized spacial score (nSPS) is 15.5. The summed E-state index contributed by atoms with van der Waals surface area (Å²) in [6.07, 6.45) is 4.55. The van der Waals surface area contributed by atoms with E-state index in [0.717, 1.165) is 49.4 Å². The molecular weight excluding hydrogens is 613 g/mol. The average Bonchev–Trinajstić information content (AvgIpc) is 3.03. The van der Waals surface area contributed by atoms with Crippen LogP contribution >= 0.6 is 23.2 Å². The Labute approximate surface area is 271 Å². The molecule has 1 fully saturated rings. The van der Waals surface area contributed by atoms with E-state index in [1.807, 2.05) is 30.3 Å². The van der Waals surface area contributed by atoms with Gasteiger partial charge < -0.3 is 14.9 Å². The third kappa shape index (κ3) is 7.27. The van der Waals surface area contributed by atoms with Crippen LogP contribution in [0.5, 0.6) is 5.75 Å². The molecular formula is C35H35Cl2N3O3S.